The van der Waals surface area contributed by atoms with Gasteiger partial charge in [-0.25, -0.2) is 4.98 Å². The van der Waals surface area contributed by atoms with E-state index in [2.05, 4.69) is 21.2 Å². The first-order valence-corrected chi connectivity index (χ1v) is 6.15. The number of rotatable bonds is 2. The van der Waals surface area contributed by atoms with Gasteiger partial charge >= 0.3 is 0 Å². The van der Waals surface area contributed by atoms with Crippen molar-refractivity contribution in [2.75, 3.05) is 0 Å². The van der Waals surface area contributed by atoms with Crippen LogP contribution in [0.2, 0.25) is 0 Å². The van der Waals surface area contributed by atoms with Crippen molar-refractivity contribution >= 4 is 10.9 Å². The van der Waals surface area contributed by atoms with Crippen molar-refractivity contribution < 1.29 is 0 Å². The number of pyridine rings is 2. The van der Waals surface area contributed by atoms with Crippen LogP contribution >= 0.6 is 0 Å². The molecule has 3 heterocycles. The van der Waals surface area contributed by atoms with Crippen LogP contribution in [0.25, 0.3) is 22.2 Å². The van der Waals surface area contributed by atoms with Crippen molar-refractivity contribution in [3.05, 3.63) is 42.5 Å². The number of fused-ring (bicyclic) bond motifs is 1. The summed E-state index contributed by atoms with van der Waals surface area (Å²) in [5.41, 5.74) is 4.39. The second-order valence-corrected chi connectivity index (χ2v) is 4.76. The molecule has 0 aromatic carbocycles. The van der Waals surface area contributed by atoms with E-state index >= 15 is 0 Å². The third kappa shape index (κ3) is 1.49. The Hall–Kier alpha value is -2.23. The second kappa shape index (κ2) is 3.63. The van der Waals surface area contributed by atoms with Gasteiger partial charge in [0, 0.05) is 23.3 Å². The van der Waals surface area contributed by atoms with Crippen LogP contribution < -0.4 is 0 Å². The third-order valence-corrected chi connectivity index (χ3v) is 3.44. The van der Waals surface area contributed by atoms with Gasteiger partial charge in [-0.3, -0.25) is 10.1 Å². The standard InChI is InChI=1S/C14H12N4/c1-2-9(1)12-5-10-3-4-15-8-13(10)18-14(12)11-6-16-17-7-11/h3-9H,1-2H2,(H,16,17). The fourth-order valence-corrected chi connectivity index (χ4v) is 2.35. The largest absolute Gasteiger partial charge is 0.285 e. The number of hydrogen-bond donors (Lipinski definition) is 1. The zero-order valence-corrected chi connectivity index (χ0v) is 9.80. The smallest absolute Gasteiger partial charge is 0.0892 e. The monoisotopic (exact) mass is 236 g/mol. The molecule has 0 aliphatic heterocycles. The van der Waals surface area contributed by atoms with Gasteiger partial charge in [-0.05, 0) is 36.5 Å². The van der Waals surface area contributed by atoms with E-state index in [0.29, 0.717) is 5.92 Å². The van der Waals surface area contributed by atoms with Crippen molar-refractivity contribution in [3.8, 4) is 11.3 Å². The molecule has 0 unspecified atom stereocenters. The summed E-state index contributed by atoms with van der Waals surface area (Å²) in [7, 11) is 0. The number of H-pyrrole nitrogens is 1. The highest BCUT2D eigenvalue weighted by Crippen LogP contribution is 2.44. The molecular weight excluding hydrogens is 224 g/mol. The van der Waals surface area contributed by atoms with E-state index in [1.807, 2.05) is 30.9 Å². The molecule has 0 bridgehead atoms. The fourth-order valence-electron chi connectivity index (χ4n) is 2.35. The van der Waals surface area contributed by atoms with E-state index in [9.17, 15) is 0 Å². The first-order chi connectivity index (χ1) is 8.92. The number of aromatic amines is 1. The van der Waals surface area contributed by atoms with Crippen molar-refractivity contribution in [3.63, 3.8) is 0 Å². The van der Waals surface area contributed by atoms with E-state index in [4.69, 9.17) is 4.98 Å². The summed E-state index contributed by atoms with van der Waals surface area (Å²) < 4.78 is 0. The van der Waals surface area contributed by atoms with E-state index in [0.717, 1.165) is 16.8 Å². The Labute approximate surface area is 104 Å². The van der Waals surface area contributed by atoms with Crippen LogP contribution in [-0.4, -0.2) is 20.2 Å². The number of nitrogens with one attached hydrogen (secondary N) is 1. The molecule has 4 heteroatoms. The molecule has 0 atom stereocenters. The molecule has 0 saturated heterocycles. The Bertz CT molecular complexity index is 699. The topological polar surface area (TPSA) is 54.5 Å². The summed E-state index contributed by atoms with van der Waals surface area (Å²) in [5, 5.41) is 8.04. The highest BCUT2D eigenvalue weighted by atomic mass is 15.1. The van der Waals surface area contributed by atoms with E-state index in [1.54, 1.807) is 0 Å². The summed E-state index contributed by atoms with van der Waals surface area (Å²) in [4.78, 5) is 8.90. The Morgan fingerprint density at radius 2 is 2.17 bits per heavy atom. The van der Waals surface area contributed by atoms with Gasteiger partial charge < -0.3 is 0 Å². The van der Waals surface area contributed by atoms with Gasteiger partial charge in [0.1, 0.15) is 0 Å². The summed E-state index contributed by atoms with van der Waals surface area (Å²) in [6, 6.07) is 4.28. The lowest BCUT2D eigenvalue weighted by atomic mass is 10.0. The summed E-state index contributed by atoms with van der Waals surface area (Å²) in [6.45, 7) is 0. The van der Waals surface area contributed by atoms with E-state index in [-0.39, 0.29) is 0 Å². The molecule has 0 spiro atoms. The SMILES string of the molecule is c1cc2cc(C3CC3)c(-c3cn[nH]c3)nc2cn1. The van der Waals surface area contributed by atoms with Crippen LogP contribution in [0.15, 0.2) is 36.9 Å². The predicted octanol–water partition coefficient (Wildman–Crippen LogP) is 2.90. The lowest BCUT2D eigenvalue weighted by Crippen LogP contribution is -1.92. The first-order valence-electron chi connectivity index (χ1n) is 6.15. The van der Waals surface area contributed by atoms with Crippen molar-refractivity contribution in [1.82, 2.24) is 20.2 Å². The molecule has 4 rings (SSSR count). The van der Waals surface area contributed by atoms with E-state index < -0.39 is 0 Å². The van der Waals surface area contributed by atoms with Crippen LogP contribution in [0.1, 0.15) is 24.3 Å². The molecule has 1 fully saturated rings. The van der Waals surface area contributed by atoms with Crippen molar-refractivity contribution in [1.29, 1.82) is 0 Å². The fraction of sp³-hybridized carbons (Fsp3) is 0.214. The van der Waals surface area contributed by atoms with Crippen LogP contribution in [0.3, 0.4) is 0 Å². The Kier molecular flexibility index (Phi) is 1.97. The zero-order chi connectivity index (χ0) is 11.9. The maximum absolute atomic E-state index is 4.76. The number of nitrogens with zero attached hydrogens (tertiary/aromatic N) is 3. The maximum atomic E-state index is 4.76. The average Bonchev–Trinajstić information content (AvgIpc) is 3.12. The summed E-state index contributed by atoms with van der Waals surface area (Å²) in [5.74, 6) is 0.667. The third-order valence-electron chi connectivity index (χ3n) is 3.44. The van der Waals surface area contributed by atoms with Gasteiger partial charge in [0.05, 0.1) is 23.6 Å². The molecule has 1 N–H and O–H groups in total. The zero-order valence-electron chi connectivity index (χ0n) is 9.80. The second-order valence-electron chi connectivity index (χ2n) is 4.76. The number of hydrogen-bond acceptors (Lipinski definition) is 3. The molecule has 4 nitrogen and oxygen atoms in total. The highest BCUT2D eigenvalue weighted by molar-refractivity contribution is 5.82. The molecule has 1 aliphatic carbocycles. The molecular formula is C14H12N4. The van der Waals surface area contributed by atoms with Gasteiger partial charge in [-0.1, -0.05) is 0 Å². The Morgan fingerprint density at radius 1 is 1.22 bits per heavy atom. The van der Waals surface area contributed by atoms with Crippen molar-refractivity contribution in [2.24, 2.45) is 0 Å². The van der Waals surface area contributed by atoms with Gasteiger partial charge in [0.25, 0.3) is 0 Å². The molecule has 88 valence electrons. The number of aromatic nitrogens is 4. The molecule has 1 saturated carbocycles. The van der Waals surface area contributed by atoms with Crippen LogP contribution in [-0.2, 0) is 0 Å². The van der Waals surface area contributed by atoms with Gasteiger partial charge in [0.15, 0.2) is 0 Å². The Balaban J connectivity index is 2.01. The molecule has 3 aromatic heterocycles. The Morgan fingerprint density at radius 3 is 2.94 bits per heavy atom. The minimum absolute atomic E-state index is 0.667. The lowest BCUT2D eigenvalue weighted by Gasteiger charge is -2.08. The van der Waals surface area contributed by atoms with Gasteiger partial charge in [-0.15, -0.1) is 0 Å². The van der Waals surface area contributed by atoms with Gasteiger partial charge in [0.2, 0.25) is 0 Å². The summed E-state index contributed by atoms with van der Waals surface area (Å²) >= 11 is 0. The minimum atomic E-state index is 0.667. The average molecular weight is 236 g/mol. The normalized spacial score (nSPS) is 15.1. The quantitative estimate of drug-likeness (QED) is 0.744. The van der Waals surface area contributed by atoms with Crippen LogP contribution in [0.5, 0.6) is 0 Å². The van der Waals surface area contributed by atoms with Gasteiger partial charge in [-0.2, -0.15) is 5.10 Å². The summed E-state index contributed by atoms with van der Waals surface area (Å²) in [6.07, 6.45) is 9.90. The van der Waals surface area contributed by atoms with Crippen molar-refractivity contribution in [2.45, 2.75) is 18.8 Å². The minimum Gasteiger partial charge on any atom is -0.285 e. The first kappa shape index (κ1) is 9.76. The lowest BCUT2D eigenvalue weighted by molar-refractivity contribution is 1.09. The molecule has 18 heavy (non-hydrogen) atoms. The predicted molar refractivity (Wildman–Crippen MR) is 69.1 cm³/mol. The maximum Gasteiger partial charge on any atom is 0.0892 e. The van der Waals surface area contributed by atoms with Crippen LogP contribution in [0.4, 0.5) is 0 Å². The molecule has 3 aromatic rings. The van der Waals surface area contributed by atoms with Crippen LogP contribution in [0, 0.1) is 0 Å². The molecule has 0 amide bonds. The van der Waals surface area contributed by atoms with E-state index in [1.165, 1.54) is 23.8 Å². The molecule has 1 aliphatic rings. The molecule has 0 radical (unpaired) electrons. The highest BCUT2D eigenvalue weighted by Gasteiger charge is 2.27.